The van der Waals surface area contributed by atoms with Gasteiger partial charge in [-0.2, -0.15) is 9.78 Å². The summed E-state index contributed by atoms with van der Waals surface area (Å²) in [5, 5.41) is 18.9. The molecular weight excluding hydrogens is 410 g/mol. The lowest BCUT2D eigenvalue weighted by molar-refractivity contribution is -0.119. The Kier molecular flexibility index (Phi) is 6.09. The van der Waals surface area contributed by atoms with Crippen molar-refractivity contribution < 1.29 is 23.7 Å². The van der Waals surface area contributed by atoms with Gasteiger partial charge in [-0.15, -0.1) is 5.10 Å². The predicted molar refractivity (Wildman–Crippen MR) is 106 cm³/mol. The first kappa shape index (κ1) is 21.2. The van der Waals surface area contributed by atoms with Crippen LogP contribution in [0.1, 0.15) is 28.7 Å². The molecule has 0 fully saturated rings. The smallest absolute Gasteiger partial charge is 0.292 e. The van der Waals surface area contributed by atoms with Crippen LogP contribution in [0.15, 0.2) is 27.9 Å². The van der Waals surface area contributed by atoms with Crippen molar-refractivity contribution >= 4 is 23.3 Å². The topological polar surface area (TPSA) is 199 Å². The van der Waals surface area contributed by atoms with E-state index < -0.39 is 11.8 Å². The number of rotatable bonds is 8. The number of nitrogens with zero attached hydrogens (tertiary/aromatic N) is 6. The van der Waals surface area contributed by atoms with Crippen molar-refractivity contribution in [1.29, 1.82) is 0 Å². The third-order valence-corrected chi connectivity index (χ3v) is 4.03. The van der Waals surface area contributed by atoms with Crippen LogP contribution in [-0.2, 0) is 4.79 Å². The van der Waals surface area contributed by atoms with E-state index in [1.54, 1.807) is 32.0 Å². The number of hydrazone groups is 1. The van der Waals surface area contributed by atoms with E-state index in [0.29, 0.717) is 28.5 Å². The van der Waals surface area contributed by atoms with Gasteiger partial charge in [0, 0.05) is 5.56 Å². The van der Waals surface area contributed by atoms with Crippen LogP contribution >= 0.6 is 0 Å². The molecule has 2 heterocycles. The molecule has 14 heteroatoms. The van der Waals surface area contributed by atoms with Gasteiger partial charge in [0.15, 0.2) is 23.8 Å². The van der Waals surface area contributed by atoms with Gasteiger partial charge in [-0.05, 0) is 42.4 Å². The molecule has 0 saturated heterocycles. The number of ether oxygens (including phenoxy) is 2. The minimum Gasteiger partial charge on any atom is -0.493 e. The standard InChI is InChI=1S/C17H19N9O5/c1-8(10-4-5-11(12(6-10)29-3)30-7-13(18)27)20-22-17(28)14-9(2)21-25-26(14)16-15(19)23-31-24-16/h4-6H,7H2,1-3H3,(H2,18,27)(H2,19,23)(H,22,28). The number of hydrogen-bond donors (Lipinski definition) is 3. The lowest BCUT2D eigenvalue weighted by Crippen LogP contribution is -2.24. The number of nitrogens with one attached hydrogen (secondary N) is 1. The maximum atomic E-state index is 12.7. The van der Waals surface area contributed by atoms with E-state index in [2.05, 4.69) is 35.8 Å². The number of methoxy groups -OCH3 is 1. The highest BCUT2D eigenvalue weighted by atomic mass is 16.6. The van der Waals surface area contributed by atoms with E-state index >= 15 is 0 Å². The minimum absolute atomic E-state index is 0.0303. The van der Waals surface area contributed by atoms with Crippen LogP contribution in [0.25, 0.3) is 5.82 Å². The molecule has 0 aliphatic heterocycles. The van der Waals surface area contributed by atoms with Crippen LogP contribution in [-0.4, -0.2) is 56.5 Å². The van der Waals surface area contributed by atoms with E-state index in [1.165, 1.54) is 7.11 Å². The maximum Gasteiger partial charge on any atom is 0.292 e. The summed E-state index contributed by atoms with van der Waals surface area (Å²) >= 11 is 0. The summed E-state index contributed by atoms with van der Waals surface area (Å²) in [6, 6.07) is 4.92. The average Bonchev–Trinajstić information content (AvgIpc) is 3.34. The Labute approximate surface area is 175 Å². The summed E-state index contributed by atoms with van der Waals surface area (Å²) in [7, 11) is 1.45. The van der Waals surface area contributed by atoms with Crippen molar-refractivity contribution in [2.75, 3.05) is 19.5 Å². The number of aryl methyl sites for hydroxylation is 1. The lowest BCUT2D eigenvalue weighted by Gasteiger charge is -2.11. The summed E-state index contributed by atoms with van der Waals surface area (Å²) in [5.41, 5.74) is 14.7. The zero-order valence-corrected chi connectivity index (χ0v) is 16.8. The largest absolute Gasteiger partial charge is 0.493 e. The van der Waals surface area contributed by atoms with Gasteiger partial charge < -0.3 is 20.9 Å². The fourth-order valence-corrected chi connectivity index (χ4v) is 2.52. The molecule has 3 aromatic rings. The molecular formula is C17H19N9O5. The Hall–Kier alpha value is -4.49. The molecule has 0 aliphatic rings. The lowest BCUT2D eigenvalue weighted by atomic mass is 10.1. The first-order valence-corrected chi connectivity index (χ1v) is 8.76. The molecule has 0 bridgehead atoms. The van der Waals surface area contributed by atoms with Gasteiger partial charge >= 0.3 is 0 Å². The van der Waals surface area contributed by atoms with E-state index in [1.807, 2.05) is 0 Å². The van der Waals surface area contributed by atoms with Crippen LogP contribution in [0.2, 0.25) is 0 Å². The third-order valence-electron chi connectivity index (χ3n) is 4.03. The van der Waals surface area contributed by atoms with Crippen LogP contribution in [0, 0.1) is 6.92 Å². The summed E-state index contributed by atoms with van der Waals surface area (Å²) < 4.78 is 16.2. The number of anilines is 1. The summed E-state index contributed by atoms with van der Waals surface area (Å²) in [6.45, 7) is 2.99. The minimum atomic E-state index is -0.612. The molecule has 0 atom stereocenters. The summed E-state index contributed by atoms with van der Waals surface area (Å²) in [6.07, 6.45) is 0. The van der Waals surface area contributed by atoms with E-state index in [4.69, 9.17) is 20.9 Å². The number of primary amides is 1. The van der Waals surface area contributed by atoms with Gasteiger partial charge in [-0.3, -0.25) is 9.59 Å². The molecule has 0 unspecified atom stereocenters. The fraction of sp³-hybridized carbons (Fsp3) is 0.235. The number of nitrogens with two attached hydrogens (primary N) is 2. The summed E-state index contributed by atoms with van der Waals surface area (Å²) in [5.74, 6) is -0.526. The Morgan fingerprint density at radius 1 is 1.29 bits per heavy atom. The molecule has 1 aromatic carbocycles. The van der Waals surface area contributed by atoms with Crippen molar-refractivity contribution in [1.82, 2.24) is 30.7 Å². The number of carbonyl (C=O) groups excluding carboxylic acids is 2. The molecule has 2 aromatic heterocycles. The zero-order chi connectivity index (χ0) is 22.5. The first-order chi connectivity index (χ1) is 14.8. The Balaban J connectivity index is 1.80. The molecule has 14 nitrogen and oxygen atoms in total. The van der Waals surface area contributed by atoms with Crippen LogP contribution in [0.5, 0.6) is 11.5 Å². The number of carbonyl (C=O) groups is 2. The zero-order valence-electron chi connectivity index (χ0n) is 16.8. The predicted octanol–water partition coefficient (Wildman–Crippen LogP) is -0.432. The highest BCUT2D eigenvalue weighted by Gasteiger charge is 2.23. The van der Waals surface area contributed by atoms with Crippen molar-refractivity contribution in [3.63, 3.8) is 0 Å². The van der Waals surface area contributed by atoms with Gasteiger partial charge in [0.05, 0.1) is 18.5 Å². The molecule has 162 valence electrons. The van der Waals surface area contributed by atoms with Gasteiger partial charge in [-0.25, -0.2) is 10.1 Å². The Bertz CT molecular complexity index is 1150. The number of benzene rings is 1. The number of nitrogen functional groups attached to an aromatic ring is 1. The molecule has 0 saturated carbocycles. The van der Waals surface area contributed by atoms with E-state index in [0.717, 1.165) is 4.68 Å². The van der Waals surface area contributed by atoms with Crippen LogP contribution < -0.4 is 26.4 Å². The van der Waals surface area contributed by atoms with Crippen molar-refractivity contribution in [3.05, 3.63) is 35.2 Å². The number of aromatic nitrogens is 5. The quantitative estimate of drug-likeness (QED) is 0.312. The monoisotopic (exact) mass is 429 g/mol. The van der Waals surface area contributed by atoms with Crippen LogP contribution in [0.4, 0.5) is 5.82 Å². The molecule has 5 N–H and O–H groups in total. The highest BCUT2D eigenvalue weighted by molar-refractivity contribution is 6.01. The van der Waals surface area contributed by atoms with Crippen LogP contribution in [0.3, 0.4) is 0 Å². The van der Waals surface area contributed by atoms with Gasteiger partial charge in [0.25, 0.3) is 11.8 Å². The van der Waals surface area contributed by atoms with Crippen molar-refractivity contribution in [2.24, 2.45) is 10.8 Å². The molecule has 0 radical (unpaired) electrons. The third kappa shape index (κ3) is 4.58. The molecule has 0 aliphatic carbocycles. The molecule has 2 amide bonds. The fourth-order valence-electron chi connectivity index (χ4n) is 2.52. The average molecular weight is 429 g/mol. The first-order valence-electron chi connectivity index (χ1n) is 8.76. The number of hydrogen-bond acceptors (Lipinski definition) is 11. The Morgan fingerprint density at radius 2 is 2.06 bits per heavy atom. The van der Waals surface area contributed by atoms with Gasteiger partial charge in [0.1, 0.15) is 0 Å². The second-order valence-corrected chi connectivity index (χ2v) is 6.17. The second kappa shape index (κ2) is 8.89. The van der Waals surface area contributed by atoms with Gasteiger partial charge in [0.2, 0.25) is 11.6 Å². The molecule has 31 heavy (non-hydrogen) atoms. The summed E-state index contributed by atoms with van der Waals surface area (Å²) in [4.78, 5) is 23.6. The molecule has 0 spiro atoms. The van der Waals surface area contributed by atoms with E-state index in [9.17, 15) is 9.59 Å². The normalized spacial score (nSPS) is 11.3. The number of amides is 2. The Morgan fingerprint density at radius 3 is 2.71 bits per heavy atom. The molecule has 3 rings (SSSR count). The SMILES string of the molecule is COc1cc(C(C)=NNC(=O)c2c(C)nnn2-c2nonc2N)ccc1OCC(N)=O. The van der Waals surface area contributed by atoms with Crippen molar-refractivity contribution in [2.45, 2.75) is 13.8 Å². The highest BCUT2D eigenvalue weighted by Crippen LogP contribution is 2.28. The second-order valence-electron chi connectivity index (χ2n) is 6.17. The van der Waals surface area contributed by atoms with E-state index in [-0.39, 0.29) is 23.9 Å². The maximum absolute atomic E-state index is 12.7. The van der Waals surface area contributed by atoms with Crippen molar-refractivity contribution in [3.8, 4) is 17.3 Å². The van der Waals surface area contributed by atoms with Gasteiger partial charge in [-0.1, -0.05) is 5.21 Å².